The summed E-state index contributed by atoms with van der Waals surface area (Å²) in [4.78, 5) is 37.7. The number of Topliss-reactive ketones (excluding diaryl/α,β-unsaturated/α-hetero) is 1. The Morgan fingerprint density at radius 2 is 1.42 bits per heavy atom. The van der Waals surface area contributed by atoms with Gasteiger partial charge in [-0.1, -0.05) is 124 Å². The van der Waals surface area contributed by atoms with Crippen molar-refractivity contribution in [1.82, 2.24) is 10.6 Å². The average Bonchev–Trinajstić information content (AvgIpc) is 3.93. The Hall–Kier alpha value is -3.87. The molecule has 0 aromatic heterocycles. The molecule has 7 heteroatoms. The zero-order chi connectivity index (χ0) is 34.5. The molecule has 4 N–H and O–H groups in total. The van der Waals surface area contributed by atoms with Gasteiger partial charge in [0.2, 0.25) is 11.7 Å². The zero-order valence-corrected chi connectivity index (χ0v) is 29.4. The molecule has 1 saturated carbocycles. The van der Waals surface area contributed by atoms with E-state index in [1.54, 1.807) is 19.1 Å². The van der Waals surface area contributed by atoms with E-state index in [2.05, 4.69) is 43.3 Å². The molecule has 1 fully saturated rings. The van der Waals surface area contributed by atoms with Crippen LogP contribution in [0, 0.1) is 11.8 Å². The fourth-order valence-electron chi connectivity index (χ4n) is 3.71. The predicted molar refractivity (Wildman–Crippen MR) is 189 cm³/mol. The van der Waals surface area contributed by atoms with Crippen LogP contribution in [0.5, 0.6) is 5.75 Å². The van der Waals surface area contributed by atoms with E-state index in [0.29, 0.717) is 5.70 Å². The number of phenolic OH excluding ortho intramolecular Hbond substituents is 1. The molecule has 7 nitrogen and oxygen atoms in total. The number of hydrogen-bond acceptors (Lipinski definition) is 6. The van der Waals surface area contributed by atoms with Gasteiger partial charge in [-0.2, -0.15) is 0 Å². The lowest BCUT2D eigenvalue weighted by Gasteiger charge is -2.27. The van der Waals surface area contributed by atoms with Gasteiger partial charge in [0, 0.05) is 5.70 Å². The van der Waals surface area contributed by atoms with Crippen LogP contribution in [-0.2, 0) is 9.59 Å². The maximum Gasteiger partial charge on any atom is 0.243 e. The maximum atomic E-state index is 13.3. The molecular formula is C38H59N3O4. The molecule has 1 aliphatic rings. The van der Waals surface area contributed by atoms with Crippen LogP contribution in [0.1, 0.15) is 123 Å². The zero-order valence-electron chi connectivity index (χ0n) is 29.4. The number of anilines is 1. The monoisotopic (exact) mass is 621 g/mol. The fraction of sp³-hybridized carbons (Fsp3) is 0.500. The first-order valence-corrected chi connectivity index (χ1v) is 16.5. The first kappa shape index (κ1) is 41.1. The van der Waals surface area contributed by atoms with Crippen molar-refractivity contribution in [3.05, 3.63) is 83.7 Å². The molecule has 2 atom stereocenters. The van der Waals surface area contributed by atoms with Crippen molar-refractivity contribution in [2.75, 3.05) is 5.32 Å². The Bertz CT molecular complexity index is 1210. The van der Waals surface area contributed by atoms with Crippen LogP contribution < -0.4 is 16.0 Å². The third-order valence-electron chi connectivity index (χ3n) is 6.90. The highest BCUT2D eigenvalue weighted by Gasteiger charge is 2.26. The molecule has 2 unspecified atom stereocenters. The number of allylic oxidation sites excluding steroid dienone is 2. The molecule has 0 radical (unpaired) electrons. The molecule has 3 rings (SSSR count). The molecule has 45 heavy (non-hydrogen) atoms. The fourth-order valence-corrected chi connectivity index (χ4v) is 3.71. The lowest BCUT2D eigenvalue weighted by molar-refractivity contribution is -0.124. The highest BCUT2D eigenvalue weighted by molar-refractivity contribution is 6.07. The van der Waals surface area contributed by atoms with Gasteiger partial charge in [-0.25, -0.2) is 0 Å². The largest absolute Gasteiger partial charge is 0.505 e. The summed E-state index contributed by atoms with van der Waals surface area (Å²) in [6, 6.07) is 13.7. The topological polar surface area (TPSA) is 108 Å². The molecule has 2 aromatic carbocycles. The summed E-state index contributed by atoms with van der Waals surface area (Å²) in [7, 11) is 0. The molecular weight excluding hydrogens is 562 g/mol. The van der Waals surface area contributed by atoms with Crippen molar-refractivity contribution in [1.29, 1.82) is 0 Å². The third-order valence-corrected chi connectivity index (χ3v) is 6.90. The summed E-state index contributed by atoms with van der Waals surface area (Å²) in [5.74, 6) is -0.387. The summed E-state index contributed by atoms with van der Waals surface area (Å²) < 4.78 is 0. The lowest BCUT2D eigenvalue weighted by Crippen LogP contribution is -2.48. The number of rotatable bonds is 13. The summed E-state index contributed by atoms with van der Waals surface area (Å²) in [6.07, 6.45) is 7.68. The SMILES string of the molecule is C1CC1.C=CC(=O)/C(Nc1cccc(C(C)=O)c1O)=C(\C)NC(C(=O)NC(CC)c1ccccc1)C(C)C.CC.CCC(C)C. The molecule has 1 amide bonds. The van der Waals surface area contributed by atoms with Gasteiger partial charge in [0.1, 0.15) is 17.5 Å². The number of benzene rings is 2. The highest BCUT2D eigenvalue weighted by atomic mass is 16.3. The summed E-state index contributed by atoms with van der Waals surface area (Å²) in [5.41, 5.74) is 1.87. The lowest BCUT2D eigenvalue weighted by atomic mass is 10.00. The molecule has 0 saturated heterocycles. The van der Waals surface area contributed by atoms with E-state index in [0.717, 1.165) is 24.0 Å². The van der Waals surface area contributed by atoms with E-state index in [1.807, 2.05) is 65.0 Å². The van der Waals surface area contributed by atoms with E-state index >= 15 is 0 Å². The standard InChI is InChI=1S/C28H35N3O4.C5H12.C3H6.C2H6/c1-7-22(20-13-10-9-11-14-20)31-28(35)25(17(3)4)29-18(5)26(24(33)8-2)30-23-16-12-15-21(19(6)32)27(23)34;1-4-5(2)3;1-2-3-1;1-2/h8-17,22,25,29-30,34H,2,7H2,1,3-6H3,(H,31,35);5H,4H2,1-3H3;1-3H2;1-2H3/b26-18-;;;. The number of ketones is 2. The Morgan fingerprint density at radius 1 is 0.867 bits per heavy atom. The van der Waals surface area contributed by atoms with Crippen molar-refractivity contribution >= 4 is 23.2 Å². The van der Waals surface area contributed by atoms with E-state index in [4.69, 9.17) is 0 Å². The Kier molecular flexibility index (Phi) is 20.7. The van der Waals surface area contributed by atoms with Crippen LogP contribution in [0.15, 0.2) is 72.6 Å². The number of phenols is 1. The smallest absolute Gasteiger partial charge is 0.243 e. The molecule has 0 bridgehead atoms. The molecule has 1 aliphatic carbocycles. The average molecular weight is 622 g/mol. The number of hydrogen-bond donors (Lipinski definition) is 4. The number of nitrogens with one attached hydrogen (secondary N) is 3. The summed E-state index contributed by atoms with van der Waals surface area (Å²) in [6.45, 7) is 23.1. The van der Waals surface area contributed by atoms with Crippen molar-refractivity contribution < 1.29 is 19.5 Å². The van der Waals surface area contributed by atoms with Gasteiger partial charge in [0.25, 0.3) is 0 Å². The van der Waals surface area contributed by atoms with E-state index in [9.17, 15) is 19.5 Å². The van der Waals surface area contributed by atoms with Gasteiger partial charge < -0.3 is 21.1 Å². The van der Waals surface area contributed by atoms with Crippen LogP contribution in [0.4, 0.5) is 5.69 Å². The number of carbonyl (C=O) groups is 3. The van der Waals surface area contributed by atoms with Crippen molar-refractivity contribution in [2.24, 2.45) is 11.8 Å². The third kappa shape index (κ3) is 15.6. The van der Waals surface area contributed by atoms with Gasteiger partial charge in [-0.05, 0) is 55.9 Å². The number of carbonyl (C=O) groups excluding carboxylic acids is 3. The van der Waals surface area contributed by atoms with Gasteiger partial charge >= 0.3 is 0 Å². The molecule has 2 aromatic rings. The maximum absolute atomic E-state index is 13.3. The van der Waals surface area contributed by atoms with Crippen LogP contribution >= 0.6 is 0 Å². The molecule has 0 spiro atoms. The van der Waals surface area contributed by atoms with Gasteiger partial charge in [0.05, 0.1) is 17.3 Å². The first-order valence-electron chi connectivity index (χ1n) is 16.5. The molecule has 250 valence electrons. The number of para-hydroxylation sites is 1. The van der Waals surface area contributed by atoms with E-state index in [1.165, 1.54) is 38.7 Å². The van der Waals surface area contributed by atoms with E-state index < -0.39 is 11.8 Å². The minimum Gasteiger partial charge on any atom is -0.505 e. The number of aromatic hydroxyl groups is 1. The minimum atomic E-state index is -0.626. The Labute approximate surface area is 273 Å². The van der Waals surface area contributed by atoms with Crippen LogP contribution in [0.3, 0.4) is 0 Å². The predicted octanol–water partition coefficient (Wildman–Crippen LogP) is 9.12. The summed E-state index contributed by atoms with van der Waals surface area (Å²) >= 11 is 0. The quantitative estimate of drug-likeness (QED) is 0.101. The van der Waals surface area contributed by atoms with Gasteiger partial charge in [0.15, 0.2) is 5.78 Å². The van der Waals surface area contributed by atoms with Crippen molar-refractivity contribution in [2.45, 2.75) is 113 Å². The Morgan fingerprint density at radius 3 is 1.84 bits per heavy atom. The van der Waals surface area contributed by atoms with Gasteiger partial charge in [-0.15, -0.1) is 0 Å². The van der Waals surface area contributed by atoms with E-state index in [-0.39, 0.29) is 46.3 Å². The second-order valence-corrected chi connectivity index (χ2v) is 11.6. The van der Waals surface area contributed by atoms with Crippen LogP contribution in [0.2, 0.25) is 0 Å². The minimum absolute atomic E-state index is 0.0900. The van der Waals surface area contributed by atoms with Crippen LogP contribution in [-0.4, -0.2) is 28.6 Å². The first-order chi connectivity index (χ1) is 21.4. The Balaban J connectivity index is 0.00000167. The van der Waals surface area contributed by atoms with Crippen molar-refractivity contribution in [3.63, 3.8) is 0 Å². The van der Waals surface area contributed by atoms with Crippen LogP contribution in [0.25, 0.3) is 0 Å². The number of amides is 1. The molecule has 0 aliphatic heterocycles. The highest BCUT2D eigenvalue weighted by Crippen LogP contribution is 2.29. The summed E-state index contributed by atoms with van der Waals surface area (Å²) in [5, 5.41) is 19.7. The van der Waals surface area contributed by atoms with Gasteiger partial charge in [-0.3, -0.25) is 14.4 Å². The second-order valence-electron chi connectivity index (χ2n) is 11.6. The second kappa shape index (κ2) is 22.6. The van der Waals surface area contributed by atoms with Crippen molar-refractivity contribution in [3.8, 4) is 5.75 Å². The molecule has 0 heterocycles. The normalized spacial score (nSPS) is 13.2.